The Morgan fingerprint density at radius 3 is 2.93 bits per heavy atom. The number of hydrogen-bond acceptors (Lipinski definition) is 3. The van der Waals surface area contributed by atoms with E-state index >= 15 is 0 Å². The van der Waals surface area contributed by atoms with Crippen LogP contribution >= 0.6 is 0 Å². The van der Waals surface area contributed by atoms with Crippen LogP contribution in [0.5, 0.6) is 0 Å². The highest BCUT2D eigenvalue weighted by atomic mass is 15.0. The van der Waals surface area contributed by atoms with E-state index in [1.165, 1.54) is 0 Å². The summed E-state index contributed by atoms with van der Waals surface area (Å²) >= 11 is 0. The molecule has 0 amide bonds. The molecule has 2 N–H and O–H groups in total. The number of nitrogens with zero attached hydrogens (tertiary/aromatic N) is 3. The van der Waals surface area contributed by atoms with E-state index in [-0.39, 0.29) is 0 Å². The first kappa shape index (κ1) is 10.1. The van der Waals surface area contributed by atoms with E-state index in [1.54, 1.807) is 6.20 Å². The van der Waals surface area contributed by atoms with Crippen molar-refractivity contribution in [3.63, 3.8) is 0 Å². The van der Waals surface area contributed by atoms with Crippen molar-refractivity contribution in [3.8, 4) is 0 Å². The highest BCUT2D eigenvalue weighted by molar-refractivity contribution is 5.51. The molecule has 15 heavy (non-hydrogen) atoms. The molecule has 2 heterocycles. The second-order valence-corrected chi connectivity index (χ2v) is 3.94. The van der Waals surface area contributed by atoms with Gasteiger partial charge in [0.15, 0.2) is 0 Å². The Bertz CT molecular complexity index is 459. The zero-order chi connectivity index (χ0) is 10.8. The molecule has 0 saturated carbocycles. The van der Waals surface area contributed by atoms with E-state index in [1.807, 2.05) is 12.4 Å². The van der Waals surface area contributed by atoms with Crippen LogP contribution < -0.4 is 5.73 Å². The standard InChI is InChI=1S/C11H16N4/c1-8(2)11-14-9(3-4-12)10-7-13-5-6-15(10)11/h5-8H,3-4,12H2,1-2H3. The summed E-state index contributed by atoms with van der Waals surface area (Å²) in [5.74, 6) is 1.49. The average molecular weight is 204 g/mol. The molecule has 0 radical (unpaired) electrons. The van der Waals surface area contributed by atoms with Gasteiger partial charge in [0.2, 0.25) is 0 Å². The van der Waals surface area contributed by atoms with Crippen molar-refractivity contribution in [2.45, 2.75) is 26.2 Å². The van der Waals surface area contributed by atoms with E-state index in [2.05, 4.69) is 28.2 Å². The van der Waals surface area contributed by atoms with Crippen molar-refractivity contribution in [3.05, 3.63) is 30.1 Å². The maximum atomic E-state index is 5.57. The first-order valence-electron chi connectivity index (χ1n) is 5.25. The molecule has 0 atom stereocenters. The molecule has 4 nitrogen and oxygen atoms in total. The fourth-order valence-corrected chi connectivity index (χ4v) is 1.75. The van der Waals surface area contributed by atoms with Crippen molar-refractivity contribution >= 4 is 5.52 Å². The van der Waals surface area contributed by atoms with Crippen molar-refractivity contribution < 1.29 is 0 Å². The fourth-order valence-electron chi connectivity index (χ4n) is 1.75. The molecule has 80 valence electrons. The van der Waals surface area contributed by atoms with Gasteiger partial charge in [-0.05, 0) is 6.54 Å². The van der Waals surface area contributed by atoms with Crippen LogP contribution in [0.25, 0.3) is 5.52 Å². The van der Waals surface area contributed by atoms with E-state index in [0.717, 1.165) is 23.5 Å². The molecule has 0 fully saturated rings. The maximum absolute atomic E-state index is 5.57. The molecule has 2 aromatic heterocycles. The third-order valence-electron chi connectivity index (χ3n) is 2.45. The fraction of sp³-hybridized carbons (Fsp3) is 0.455. The van der Waals surface area contributed by atoms with Crippen LogP contribution in [0.15, 0.2) is 18.6 Å². The maximum Gasteiger partial charge on any atom is 0.116 e. The molecule has 0 saturated heterocycles. The van der Waals surface area contributed by atoms with Gasteiger partial charge in [0.05, 0.1) is 17.4 Å². The number of fused-ring (bicyclic) bond motifs is 1. The lowest BCUT2D eigenvalue weighted by Gasteiger charge is -2.02. The molecule has 2 aromatic rings. The van der Waals surface area contributed by atoms with E-state index in [9.17, 15) is 0 Å². The van der Waals surface area contributed by atoms with Crippen LogP contribution in [0, 0.1) is 0 Å². The van der Waals surface area contributed by atoms with Gasteiger partial charge in [-0.1, -0.05) is 13.8 Å². The van der Waals surface area contributed by atoms with Crippen molar-refractivity contribution in [1.82, 2.24) is 14.4 Å². The summed E-state index contributed by atoms with van der Waals surface area (Å²) in [6, 6.07) is 0. The van der Waals surface area contributed by atoms with Gasteiger partial charge in [-0.3, -0.25) is 4.98 Å². The summed E-state index contributed by atoms with van der Waals surface area (Å²) in [5.41, 5.74) is 7.69. The van der Waals surface area contributed by atoms with E-state index < -0.39 is 0 Å². The highest BCUT2D eigenvalue weighted by Gasteiger charge is 2.12. The molecule has 0 aliphatic rings. The average Bonchev–Trinajstić information content (AvgIpc) is 2.59. The lowest BCUT2D eigenvalue weighted by atomic mass is 10.2. The van der Waals surface area contributed by atoms with Crippen LogP contribution in [0.4, 0.5) is 0 Å². The molecule has 4 heteroatoms. The Labute approximate surface area is 89.2 Å². The van der Waals surface area contributed by atoms with Gasteiger partial charge in [-0.2, -0.15) is 0 Å². The predicted octanol–water partition coefficient (Wildman–Crippen LogP) is 1.35. The predicted molar refractivity (Wildman–Crippen MR) is 59.8 cm³/mol. The summed E-state index contributed by atoms with van der Waals surface area (Å²) < 4.78 is 2.10. The Morgan fingerprint density at radius 1 is 1.47 bits per heavy atom. The van der Waals surface area contributed by atoms with Crippen LogP contribution in [0.2, 0.25) is 0 Å². The SMILES string of the molecule is CC(C)c1nc(CCN)c2cnccn12. The molecule has 0 unspecified atom stereocenters. The first-order chi connectivity index (χ1) is 7.24. The number of nitrogens with two attached hydrogens (primary N) is 1. The minimum absolute atomic E-state index is 0.409. The van der Waals surface area contributed by atoms with Gasteiger partial charge in [0.25, 0.3) is 0 Å². The van der Waals surface area contributed by atoms with Gasteiger partial charge in [0, 0.05) is 24.7 Å². The smallest absolute Gasteiger partial charge is 0.116 e. The van der Waals surface area contributed by atoms with Crippen LogP contribution in [0.1, 0.15) is 31.3 Å². The van der Waals surface area contributed by atoms with Crippen molar-refractivity contribution in [2.75, 3.05) is 6.54 Å². The molecule has 0 aliphatic heterocycles. The zero-order valence-corrected chi connectivity index (χ0v) is 9.14. The van der Waals surface area contributed by atoms with Crippen LogP contribution in [-0.4, -0.2) is 20.9 Å². The Morgan fingerprint density at radius 2 is 2.27 bits per heavy atom. The Hall–Kier alpha value is -1.42. The summed E-state index contributed by atoms with van der Waals surface area (Å²) in [7, 11) is 0. The lowest BCUT2D eigenvalue weighted by molar-refractivity contribution is 0.763. The quantitative estimate of drug-likeness (QED) is 0.821. The van der Waals surface area contributed by atoms with Gasteiger partial charge < -0.3 is 10.1 Å². The minimum Gasteiger partial charge on any atom is -0.330 e. The molecular formula is C11H16N4. The second kappa shape index (κ2) is 3.98. The Kier molecular flexibility index (Phi) is 2.68. The van der Waals surface area contributed by atoms with Gasteiger partial charge in [0.1, 0.15) is 5.82 Å². The number of rotatable bonds is 3. The largest absolute Gasteiger partial charge is 0.330 e. The normalized spacial score (nSPS) is 11.5. The summed E-state index contributed by atoms with van der Waals surface area (Å²) in [6.45, 7) is 4.90. The first-order valence-corrected chi connectivity index (χ1v) is 5.25. The monoisotopic (exact) mass is 204 g/mol. The summed E-state index contributed by atoms with van der Waals surface area (Å²) in [5, 5.41) is 0. The molecule has 0 bridgehead atoms. The number of imidazole rings is 1. The van der Waals surface area contributed by atoms with E-state index in [4.69, 9.17) is 5.73 Å². The molecule has 0 aliphatic carbocycles. The number of hydrogen-bond donors (Lipinski definition) is 1. The van der Waals surface area contributed by atoms with Crippen molar-refractivity contribution in [1.29, 1.82) is 0 Å². The zero-order valence-electron chi connectivity index (χ0n) is 9.14. The van der Waals surface area contributed by atoms with Crippen LogP contribution in [0.3, 0.4) is 0 Å². The van der Waals surface area contributed by atoms with Gasteiger partial charge >= 0.3 is 0 Å². The highest BCUT2D eigenvalue weighted by Crippen LogP contribution is 2.18. The third kappa shape index (κ3) is 1.72. The summed E-state index contributed by atoms with van der Waals surface area (Å²) in [6.07, 6.45) is 6.40. The van der Waals surface area contributed by atoms with Crippen molar-refractivity contribution in [2.24, 2.45) is 5.73 Å². The molecular weight excluding hydrogens is 188 g/mol. The minimum atomic E-state index is 0.409. The van der Waals surface area contributed by atoms with Gasteiger partial charge in [-0.15, -0.1) is 0 Å². The van der Waals surface area contributed by atoms with E-state index in [0.29, 0.717) is 12.5 Å². The third-order valence-corrected chi connectivity index (χ3v) is 2.45. The Balaban J connectivity index is 2.62. The van der Waals surface area contributed by atoms with Gasteiger partial charge in [-0.25, -0.2) is 4.98 Å². The topological polar surface area (TPSA) is 56.2 Å². The molecule has 2 rings (SSSR count). The summed E-state index contributed by atoms with van der Waals surface area (Å²) in [4.78, 5) is 8.75. The molecule has 0 spiro atoms. The second-order valence-electron chi connectivity index (χ2n) is 3.94. The van der Waals surface area contributed by atoms with Crippen LogP contribution in [-0.2, 0) is 6.42 Å². The lowest BCUT2D eigenvalue weighted by Crippen LogP contribution is -2.03. The molecule has 0 aromatic carbocycles. The number of aromatic nitrogens is 3.